The molecule has 0 spiro atoms. The largest absolute Gasteiger partial charge is 0.497 e. The summed E-state index contributed by atoms with van der Waals surface area (Å²) in [7, 11) is 4.58. The number of methoxy groups -OCH3 is 3. The Morgan fingerprint density at radius 1 is 0.960 bits per heavy atom. The van der Waals surface area contributed by atoms with Gasteiger partial charge in [0, 0.05) is 11.3 Å². The van der Waals surface area contributed by atoms with Crippen molar-refractivity contribution in [3.8, 4) is 16.1 Å². The van der Waals surface area contributed by atoms with Gasteiger partial charge >= 0.3 is 0 Å². The first-order valence-corrected chi connectivity index (χ1v) is 8.65. The quantitative estimate of drug-likeness (QED) is 0.636. The topological polar surface area (TPSA) is 112 Å². The summed E-state index contributed by atoms with van der Waals surface area (Å²) in [5.74, 6) is 0.603. The van der Waals surface area contributed by atoms with E-state index in [-0.39, 0.29) is 0 Å². The molecule has 0 amide bonds. The van der Waals surface area contributed by atoms with E-state index in [2.05, 4.69) is 25.7 Å². The van der Waals surface area contributed by atoms with E-state index in [1.54, 1.807) is 25.3 Å². The summed E-state index contributed by atoms with van der Waals surface area (Å²) < 4.78 is 15.3. The zero-order valence-corrected chi connectivity index (χ0v) is 15.2. The molecule has 3 aromatic rings. The maximum Gasteiger partial charge on any atom is 0.295 e. The molecule has 25 heavy (non-hydrogen) atoms. The lowest BCUT2D eigenvalue weighted by molar-refractivity contribution is 0.219. The van der Waals surface area contributed by atoms with Gasteiger partial charge in [0.15, 0.2) is 5.01 Å². The number of hydrogen-bond donors (Lipinski definition) is 2. The number of anilines is 2. The molecule has 11 heteroatoms. The van der Waals surface area contributed by atoms with Crippen molar-refractivity contribution in [1.82, 2.24) is 20.4 Å². The van der Waals surface area contributed by atoms with Gasteiger partial charge in [-0.25, -0.2) is 0 Å². The van der Waals surface area contributed by atoms with Crippen molar-refractivity contribution in [1.29, 1.82) is 0 Å². The lowest BCUT2D eigenvalue weighted by atomic mass is 10.1. The van der Waals surface area contributed by atoms with Crippen LogP contribution >= 0.6 is 22.7 Å². The lowest BCUT2D eigenvalue weighted by Crippen LogP contribution is -2.04. The van der Waals surface area contributed by atoms with E-state index >= 15 is 0 Å². The van der Waals surface area contributed by atoms with Crippen LogP contribution in [0.1, 0.15) is 16.7 Å². The van der Waals surface area contributed by atoms with Gasteiger partial charge in [0.25, 0.3) is 10.4 Å². The summed E-state index contributed by atoms with van der Waals surface area (Å²) in [6.07, 6.45) is -1.01. The molecule has 0 aliphatic carbocycles. The first-order chi connectivity index (χ1) is 12.1. The van der Waals surface area contributed by atoms with Crippen molar-refractivity contribution < 1.29 is 19.3 Å². The van der Waals surface area contributed by atoms with Gasteiger partial charge in [-0.05, 0) is 29.5 Å². The van der Waals surface area contributed by atoms with E-state index in [1.807, 2.05) is 0 Å². The van der Waals surface area contributed by atoms with Crippen molar-refractivity contribution in [3.05, 3.63) is 28.8 Å². The van der Waals surface area contributed by atoms with E-state index in [1.165, 1.54) is 25.6 Å². The maximum absolute atomic E-state index is 10.7. The Morgan fingerprint density at radius 2 is 1.68 bits per heavy atom. The molecule has 0 radical (unpaired) electrons. The Balaban J connectivity index is 1.94. The van der Waals surface area contributed by atoms with Crippen LogP contribution in [0.3, 0.4) is 0 Å². The highest BCUT2D eigenvalue weighted by atomic mass is 32.1. The number of rotatable bonds is 7. The fourth-order valence-corrected chi connectivity index (χ4v) is 3.25. The minimum atomic E-state index is -1.01. The first kappa shape index (κ1) is 17.3. The Morgan fingerprint density at radius 3 is 2.32 bits per heavy atom. The number of nitrogens with one attached hydrogen (secondary N) is 1. The van der Waals surface area contributed by atoms with Gasteiger partial charge in [-0.1, -0.05) is 21.5 Å². The van der Waals surface area contributed by atoms with Crippen molar-refractivity contribution in [2.45, 2.75) is 6.10 Å². The molecule has 3 rings (SSSR count). The third-order valence-electron chi connectivity index (χ3n) is 3.21. The summed E-state index contributed by atoms with van der Waals surface area (Å²) in [6, 6.07) is 5.28. The second-order valence-corrected chi connectivity index (χ2v) is 6.58. The standard InChI is InChI=1S/C14H15N5O4S2/c1-21-7-4-5-9(15-12-17-19-14(23-3)25-12)8(6-7)10(20)11-16-18-13(22-2)24-11/h4-6,10,20H,1-3H3,(H,15,17). The molecule has 0 bridgehead atoms. The summed E-state index contributed by atoms with van der Waals surface area (Å²) in [5.41, 5.74) is 1.20. The highest BCUT2D eigenvalue weighted by Gasteiger charge is 2.21. The molecule has 1 aromatic carbocycles. The fraction of sp³-hybridized carbons (Fsp3) is 0.286. The van der Waals surface area contributed by atoms with Crippen LogP contribution in [0.4, 0.5) is 10.8 Å². The summed E-state index contributed by atoms with van der Waals surface area (Å²) in [4.78, 5) is 0. The van der Waals surface area contributed by atoms with Crippen LogP contribution in [0.25, 0.3) is 0 Å². The molecule has 0 saturated carbocycles. The SMILES string of the molecule is COc1ccc(Nc2nnc(OC)s2)c(C(O)c2nnc(OC)s2)c1. The molecule has 2 aromatic heterocycles. The molecule has 2 heterocycles. The van der Waals surface area contributed by atoms with Gasteiger partial charge in [0.1, 0.15) is 11.9 Å². The van der Waals surface area contributed by atoms with Crippen molar-refractivity contribution in [2.24, 2.45) is 0 Å². The second kappa shape index (κ2) is 7.59. The number of aliphatic hydroxyl groups excluding tert-OH is 1. The van der Waals surface area contributed by atoms with Gasteiger partial charge in [0.05, 0.1) is 21.3 Å². The van der Waals surface area contributed by atoms with Crippen molar-refractivity contribution in [2.75, 3.05) is 26.6 Å². The van der Waals surface area contributed by atoms with E-state index in [4.69, 9.17) is 14.2 Å². The predicted molar refractivity (Wildman–Crippen MR) is 93.3 cm³/mol. The molecule has 0 aliphatic rings. The number of hydrogen-bond acceptors (Lipinski definition) is 11. The highest BCUT2D eigenvalue weighted by molar-refractivity contribution is 7.17. The number of aromatic nitrogens is 4. The van der Waals surface area contributed by atoms with Gasteiger partial charge < -0.3 is 24.6 Å². The molecule has 0 fully saturated rings. The zero-order chi connectivity index (χ0) is 17.8. The van der Waals surface area contributed by atoms with Crippen LogP contribution in [-0.2, 0) is 0 Å². The third-order valence-corrected chi connectivity index (χ3v) is 4.94. The highest BCUT2D eigenvalue weighted by Crippen LogP contribution is 2.36. The number of nitrogens with zero attached hydrogens (tertiary/aromatic N) is 4. The molecule has 0 aliphatic heterocycles. The predicted octanol–water partition coefficient (Wildman–Crippen LogP) is 2.24. The average molecular weight is 381 g/mol. The molecular weight excluding hydrogens is 366 g/mol. The van der Waals surface area contributed by atoms with E-state index in [9.17, 15) is 5.11 Å². The molecule has 1 unspecified atom stereocenters. The number of aliphatic hydroxyl groups is 1. The van der Waals surface area contributed by atoms with Crippen LogP contribution in [-0.4, -0.2) is 46.8 Å². The Labute approximate surface area is 151 Å². The molecular formula is C14H15N5O4S2. The fourth-order valence-electron chi connectivity index (χ4n) is 2.01. The Bertz CT molecular complexity index is 853. The maximum atomic E-state index is 10.7. The zero-order valence-electron chi connectivity index (χ0n) is 13.6. The van der Waals surface area contributed by atoms with Crippen LogP contribution < -0.4 is 19.5 Å². The van der Waals surface area contributed by atoms with Gasteiger partial charge in [-0.2, -0.15) is 0 Å². The van der Waals surface area contributed by atoms with Gasteiger partial charge in [0.2, 0.25) is 5.13 Å². The molecule has 2 N–H and O–H groups in total. The lowest BCUT2D eigenvalue weighted by Gasteiger charge is -2.15. The van der Waals surface area contributed by atoms with Crippen LogP contribution in [0.15, 0.2) is 18.2 Å². The summed E-state index contributed by atoms with van der Waals surface area (Å²) >= 11 is 2.41. The van der Waals surface area contributed by atoms with Crippen molar-refractivity contribution in [3.63, 3.8) is 0 Å². The van der Waals surface area contributed by atoms with Gasteiger partial charge in [-0.15, -0.1) is 10.2 Å². The van der Waals surface area contributed by atoms with Crippen molar-refractivity contribution >= 4 is 33.5 Å². The second-order valence-electron chi connectivity index (χ2n) is 4.67. The molecule has 0 saturated heterocycles. The Kier molecular flexibility index (Phi) is 5.26. The van der Waals surface area contributed by atoms with E-state index in [0.29, 0.717) is 37.5 Å². The Hall–Kier alpha value is -2.50. The first-order valence-electron chi connectivity index (χ1n) is 7.02. The molecule has 9 nitrogen and oxygen atoms in total. The molecule has 1 atom stereocenters. The monoisotopic (exact) mass is 381 g/mol. The number of ether oxygens (including phenoxy) is 3. The minimum absolute atomic E-state index is 0.375. The van der Waals surface area contributed by atoms with E-state index < -0.39 is 6.10 Å². The third kappa shape index (κ3) is 3.78. The van der Waals surface area contributed by atoms with Gasteiger partial charge in [-0.3, -0.25) is 0 Å². The summed E-state index contributed by atoms with van der Waals surface area (Å²) in [5, 5.41) is 31.3. The minimum Gasteiger partial charge on any atom is -0.497 e. The average Bonchev–Trinajstić information content (AvgIpc) is 3.30. The van der Waals surface area contributed by atoms with Crippen LogP contribution in [0, 0.1) is 0 Å². The van der Waals surface area contributed by atoms with E-state index in [0.717, 1.165) is 11.3 Å². The molecule has 132 valence electrons. The number of benzene rings is 1. The van der Waals surface area contributed by atoms with Crippen LogP contribution in [0.2, 0.25) is 0 Å². The normalized spacial score (nSPS) is 11.8. The smallest absolute Gasteiger partial charge is 0.295 e. The summed E-state index contributed by atoms with van der Waals surface area (Å²) in [6.45, 7) is 0. The van der Waals surface area contributed by atoms with Crippen LogP contribution in [0.5, 0.6) is 16.1 Å².